The smallest absolute Gasteiger partial charge is 0.240 e. The highest BCUT2D eigenvalue weighted by Gasteiger charge is 2.12. The predicted molar refractivity (Wildman–Crippen MR) is 109 cm³/mol. The molecule has 0 saturated heterocycles. The molecule has 1 heterocycles. The first-order valence-electron chi connectivity index (χ1n) is 9.15. The summed E-state index contributed by atoms with van der Waals surface area (Å²) in [5.41, 5.74) is 0.861. The van der Waals surface area contributed by atoms with Gasteiger partial charge in [0.15, 0.2) is 10.6 Å². The minimum absolute atomic E-state index is 0.0557. The average Bonchev–Trinajstić information content (AvgIpc) is 2.95. The molecule has 0 unspecified atom stereocenters. The van der Waals surface area contributed by atoms with E-state index in [-0.39, 0.29) is 12.5 Å². The molecule has 0 aliphatic rings. The van der Waals surface area contributed by atoms with Crippen LogP contribution in [0.4, 0.5) is 0 Å². The number of carbonyl (C=O) groups excluding carboxylic acids is 1. The molecular formula is C19H27ClN4OS. The molecular weight excluding hydrogens is 368 g/mol. The molecule has 0 radical (unpaired) electrons. The minimum Gasteiger partial charge on any atom is -0.355 e. The zero-order valence-corrected chi connectivity index (χ0v) is 17.0. The maximum atomic E-state index is 12.2. The first-order valence-corrected chi connectivity index (χ1v) is 9.94. The molecule has 1 aromatic carbocycles. The van der Waals surface area contributed by atoms with Gasteiger partial charge in [-0.25, -0.2) is 0 Å². The number of amides is 1. The topological polar surface area (TPSA) is 62.7 Å². The third kappa shape index (κ3) is 6.57. The van der Waals surface area contributed by atoms with Crippen LogP contribution in [0.1, 0.15) is 46.0 Å². The van der Waals surface area contributed by atoms with Crippen LogP contribution >= 0.6 is 23.8 Å². The monoisotopic (exact) mass is 394 g/mol. The zero-order chi connectivity index (χ0) is 18.9. The van der Waals surface area contributed by atoms with Crippen LogP contribution in [0.15, 0.2) is 24.3 Å². The fraction of sp³-hybridized carbons (Fsp3) is 0.526. The molecule has 0 aliphatic carbocycles. The van der Waals surface area contributed by atoms with E-state index in [0.29, 0.717) is 22.2 Å². The molecule has 0 atom stereocenters. The van der Waals surface area contributed by atoms with Crippen LogP contribution in [0, 0.1) is 10.7 Å². The van der Waals surface area contributed by atoms with Gasteiger partial charge >= 0.3 is 0 Å². The second kappa shape index (κ2) is 10.5. The van der Waals surface area contributed by atoms with Crippen LogP contribution in [0.3, 0.4) is 0 Å². The minimum atomic E-state index is -0.0557. The fourth-order valence-corrected chi connectivity index (χ4v) is 3.06. The number of hydrogen-bond donors (Lipinski definition) is 2. The van der Waals surface area contributed by atoms with E-state index in [1.807, 2.05) is 12.1 Å². The van der Waals surface area contributed by atoms with Gasteiger partial charge in [0.2, 0.25) is 5.91 Å². The van der Waals surface area contributed by atoms with Crippen molar-refractivity contribution >= 4 is 29.7 Å². The molecule has 142 valence electrons. The lowest BCUT2D eigenvalue weighted by atomic mass is 10.0. The van der Waals surface area contributed by atoms with E-state index in [1.54, 1.807) is 16.7 Å². The summed E-state index contributed by atoms with van der Waals surface area (Å²) < 4.78 is 2.13. The predicted octanol–water partition coefficient (Wildman–Crippen LogP) is 4.98. The Kier molecular flexibility index (Phi) is 8.32. The molecule has 1 aromatic heterocycles. The molecule has 26 heavy (non-hydrogen) atoms. The Morgan fingerprint density at radius 3 is 2.62 bits per heavy atom. The second-order valence-electron chi connectivity index (χ2n) is 6.89. The summed E-state index contributed by atoms with van der Waals surface area (Å²) >= 11 is 11.2. The average molecular weight is 395 g/mol. The van der Waals surface area contributed by atoms with Crippen molar-refractivity contribution in [2.45, 2.75) is 52.5 Å². The number of aromatic nitrogens is 3. The van der Waals surface area contributed by atoms with E-state index in [9.17, 15) is 4.79 Å². The molecule has 0 saturated carbocycles. The Labute approximate surface area is 165 Å². The third-order valence-corrected chi connectivity index (χ3v) is 4.76. The van der Waals surface area contributed by atoms with Crippen molar-refractivity contribution in [1.29, 1.82) is 0 Å². The lowest BCUT2D eigenvalue weighted by Crippen LogP contribution is -2.28. The van der Waals surface area contributed by atoms with Gasteiger partial charge in [-0.15, -0.1) is 0 Å². The summed E-state index contributed by atoms with van der Waals surface area (Å²) in [6.45, 7) is 5.35. The van der Waals surface area contributed by atoms with Crippen LogP contribution in [-0.2, 0) is 11.3 Å². The van der Waals surface area contributed by atoms with Gasteiger partial charge in [0.25, 0.3) is 0 Å². The molecule has 2 N–H and O–H groups in total. The normalized spacial score (nSPS) is 11.1. The highest BCUT2D eigenvalue weighted by molar-refractivity contribution is 7.71. The molecule has 2 rings (SSSR count). The summed E-state index contributed by atoms with van der Waals surface area (Å²) in [4.78, 5) is 12.2. The van der Waals surface area contributed by atoms with Crippen molar-refractivity contribution < 1.29 is 4.79 Å². The van der Waals surface area contributed by atoms with Gasteiger partial charge < -0.3 is 5.32 Å². The molecule has 0 spiro atoms. The maximum absolute atomic E-state index is 12.2. The number of carbonyl (C=O) groups is 1. The summed E-state index contributed by atoms with van der Waals surface area (Å²) in [5.74, 6) is 1.35. The van der Waals surface area contributed by atoms with Crippen molar-refractivity contribution in [1.82, 2.24) is 20.1 Å². The van der Waals surface area contributed by atoms with E-state index in [1.165, 1.54) is 19.3 Å². The van der Waals surface area contributed by atoms with Crippen LogP contribution in [0.5, 0.6) is 0 Å². The van der Waals surface area contributed by atoms with Crippen LogP contribution in [-0.4, -0.2) is 27.2 Å². The number of unbranched alkanes of at least 4 members (excludes halogenated alkanes) is 3. The first-order chi connectivity index (χ1) is 12.5. The number of benzene rings is 1. The first kappa shape index (κ1) is 20.6. The standard InChI is InChI=1S/C19H27ClN4OS/c1-14(2)7-5-3-4-6-12-21-17(25)13-24-18(22-23-19(24)26)15-8-10-16(20)11-9-15/h8-11,14H,3-7,12-13H2,1-2H3,(H,21,25)(H,23,26). The SMILES string of the molecule is CC(C)CCCCCCNC(=O)Cn1c(-c2ccc(Cl)cc2)n[nH]c1=S. The van der Waals surface area contributed by atoms with E-state index in [2.05, 4.69) is 29.4 Å². The Balaban J connectivity index is 1.81. The largest absolute Gasteiger partial charge is 0.355 e. The number of nitrogens with one attached hydrogen (secondary N) is 2. The summed E-state index contributed by atoms with van der Waals surface area (Å²) in [6.07, 6.45) is 5.92. The van der Waals surface area contributed by atoms with E-state index >= 15 is 0 Å². The molecule has 0 aliphatic heterocycles. The van der Waals surface area contributed by atoms with Crippen LogP contribution < -0.4 is 5.32 Å². The summed E-state index contributed by atoms with van der Waals surface area (Å²) in [5, 5.41) is 10.6. The van der Waals surface area contributed by atoms with Gasteiger partial charge in [0.05, 0.1) is 0 Å². The maximum Gasteiger partial charge on any atom is 0.240 e. The van der Waals surface area contributed by atoms with E-state index in [0.717, 1.165) is 24.3 Å². The lowest BCUT2D eigenvalue weighted by Gasteiger charge is -2.09. The van der Waals surface area contributed by atoms with Crippen LogP contribution in [0.2, 0.25) is 5.02 Å². The van der Waals surface area contributed by atoms with Gasteiger partial charge in [-0.3, -0.25) is 14.5 Å². The van der Waals surface area contributed by atoms with Gasteiger partial charge in [0, 0.05) is 17.1 Å². The van der Waals surface area contributed by atoms with Crippen molar-refractivity contribution in [2.75, 3.05) is 6.54 Å². The van der Waals surface area contributed by atoms with Crippen molar-refractivity contribution in [2.24, 2.45) is 5.92 Å². The van der Waals surface area contributed by atoms with E-state index in [4.69, 9.17) is 23.8 Å². The van der Waals surface area contributed by atoms with Gasteiger partial charge in [0.1, 0.15) is 6.54 Å². The molecule has 0 fully saturated rings. The summed E-state index contributed by atoms with van der Waals surface area (Å²) in [7, 11) is 0. The number of nitrogens with zero attached hydrogens (tertiary/aromatic N) is 2. The molecule has 2 aromatic rings. The molecule has 1 amide bonds. The molecule has 5 nitrogen and oxygen atoms in total. The van der Waals surface area contributed by atoms with Gasteiger partial charge in [-0.05, 0) is 48.8 Å². The van der Waals surface area contributed by atoms with Crippen molar-refractivity contribution in [3.8, 4) is 11.4 Å². The van der Waals surface area contributed by atoms with E-state index < -0.39 is 0 Å². The fourth-order valence-electron chi connectivity index (χ4n) is 2.74. The highest BCUT2D eigenvalue weighted by Crippen LogP contribution is 2.19. The van der Waals surface area contributed by atoms with Crippen molar-refractivity contribution in [3.63, 3.8) is 0 Å². The number of rotatable bonds is 10. The number of halogens is 1. The Hall–Kier alpha value is -1.66. The Morgan fingerprint density at radius 2 is 1.92 bits per heavy atom. The van der Waals surface area contributed by atoms with Gasteiger partial charge in [-0.2, -0.15) is 5.10 Å². The molecule has 7 heteroatoms. The van der Waals surface area contributed by atoms with Gasteiger partial charge in [-0.1, -0.05) is 51.1 Å². The Morgan fingerprint density at radius 1 is 1.23 bits per heavy atom. The highest BCUT2D eigenvalue weighted by atomic mass is 35.5. The quantitative estimate of drug-likeness (QED) is 0.441. The third-order valence-electron chi connectivity index (χ3n) is 4.19. The number of hydrogen-bond acceptors (Lipinski definition) is 3. The van der Waals surface area contributed by atoms with Crippen molar-refractivity contribution in [3.05, 3.63) is 34.1 Å². The van der Waals surface area contributed by atoms with Crippen LogP contribution in [0.25, 0.3) is 11.4 Å². The summed E-state index contributed by atoms with van der Waals surface area (Å²) in [6, 6.07) is 7.30. The zero-order valence-electron chi connectivity index (χ0n) is 15.4. The Bertz CT molecular complexity index is 752. The lowest BCUT2D eigenvalue weighted by molar-refractivity contribution is -0.121. The molecule has 0 bridgehead atoms. The number of H-pyrrole nitrogens is 1. The second-order valence-corrected chi connectivity index (χ2v) is 7.72. The number of aromatic amines is 1.